The number of benzene rings is 1. The minimum atomic E-state index is -1.57. The number of amides is 2. The van der Waals surface area contributed by atoms with E-state index in [1.54, 1.807) is 46.2 Å². The summed E-state index contributed by atoms with van der Waals surface area (Å²) in [5.74, 6) is -1.96. The van der Waals surface area contributed by atoms with Crippen molar-refractivity contribution in [1.82, 2.24) is 4.90 Å². The van der Waals surface area contributed by atoms with Crippen LogP contribution in [0.4, 0.5) is 5.69 Å². The number of unbranched alkanes of at least 4 members (excludes halogenated alkanes) is 1. The lowest BCUT2D eigenvalue weighted by atomic mass is 9.78. The lowest BCUT2D eigenvalue weighted by molar-refractivity contribution is -0.187. The molecule has 3 heterocycles. The van der Waals surface area contributed by atoms with Crippen LogP contribution in [0.3, 0.4) is 0 Å². The molecule has 1 aromatic carbocycles. The van der Waals surface area contributed by atoms with Gasteiger partial charge in [0.2, 0.25) is 11.8 Å². The number of carbonyl (C=O) groups excluding carboxylic acids is 4. The fourth-order valence-electron chi connectivity index (χ4n) is 6.98. The molecule has 0 unspecified atom stereocenters. The summed E-state index contributed by atoms with van der Waals surface area (Å²) >= 11 is 6.75. The maximum Gasteiger partial charge on any atom is 0.328 e. The number of rotatable bonds is 8. The zero-order valence-corrected chi connectivity index (χ0v) is 32.0. The average Bonchev–Trinajstić information content (AvgIpc) is 3.79. The molecular weight excluding hydrogens is 680 g/mol. The largest absolute Gasteiger partial charge is 0.495 e. The molecule has 4 bridgehead atoms. The Hall–Kier alpha value is -3.45. The lowest BCUT2D eigenvalue weighted by Crippen LogP contribution is -2.53. The van der Waals surface area contributed by atoms with Crippen LogP contribution in [0.25, 0.3) is 0 Å². The molecule has 2 fully saturated rings. The topological polar surface area (TPSA) is 144 Å². The van der Waals surface area contributed by atoms with Crippen molar-refractivity contribution in [1.29, 1.82) is 0 Å². The van der Waals surface area contributed by atoms with Gasteiger partial charge in [-0.2, -0.15) is 0 Å². The molecule has 0 saturated carbocycles. The number of fused-ring (bicyclic) bond motifs is 5. The number of halogens is 1. The van der Waals surface area contributed by atoms with Gasteiger partial charge in [0.25, 0.3) is 0 Å². The predicted molar refractivity (Wildman–Crippen MR) is 192 cm³/mol. The minimum Gasteiger partial charge on any atom is -0.495 e. The van der Waals surface area contributed by atoms with Gasteiger partial charge in [-0.1, -0.05) is 55.7 Å². The Morgan fingerprint density at radius 2 is 1.94 bits per heavy atom. The van der Waals surface area contributed by atoms with Gasteiger partial charge in [-0.05, 0) is 51.3 Å². The molecule has 12 nitrogen and oxygen atoms in total. The van der Waals surface area contributed by atoms with E-state index in [0.717, 1.165) is 17.6 Å². The highest BCUT2D eigenvalue weighted by Gasteiger charge is 2.64. The molecule has 0 radical (unpaired) electrons. The first-order valence-electron chi connectivity index (χ1n) is 17.5. The Morgan fingerprint density at radius 3 is 2.59 bits per heavy atom. The van der Waals surface area contributed by atoms with Crippen LogP contribution in [-0.2, 0) is 44.5 Å². The molecule has 1 aromatic rings. The number of hydrogen-bond acceptors (Lipinski definition) is 10. The van der Waals surface area contributed by atoms with E-state index < -0.39 is 65.4 Å². The molecule has 0 spiro atoms. The second-order valence-electron chi connectivity index (χ2n) is 14.3. The van der Waals surface area contributed by atoms with E-state index in [0.29, 0.717) is 30.7 Å². The van der Waals surface area contributed by atoms with Gasteiger partial charge in [-0.25, -0.2) is 4.79 Å². The van der Waals surface area contributed by atoms with Gasteiger partial charge in [-0.15, -0.1) is 0 Å². The number of likely N-dealkylation sites (N-methyl/N-ethyl adjacent to an activating group) is 1. The van der Waals surface area contributed by atoms with Gasteiger partial charge in [0.1, 0.15) is 46.3 Å². The molecule has 2 saturated heterocycles. The third-order valence-corrected chi connectivity index (χ3v) is 10.9. The number of carbonyl (C=O) groups is 4. The maximum absolute atomic E-state index is 14.1. The number of epoxide rings is 1. The van der Waals surface area contributed by atoms with E-state index in [4.69, 9.17) is 35.3 Å². The highest BCUT2D eigenvalue weighted by atomic mass is 35.5. The van der Waals surface area contributed by atoms with Crippen molar-refractivity contribution in [2.24, 2.45) is 5.92 Å². The first kappa shape index (κ1) is 40.3. The standard InChI is InChI=1S/C38H53ClN2O10/c1-10-11-15-31(42)40(6)24(4)36(45)50-30-19-32(43)41(7)26-17-25(18-27(47-8)34(26)39)16-22(2)13-12-14-29(48-9)38(46)20-28(49-33(44)21-38)23(3)35-37(30,5)51-35/h12-14,17-18,23-24,28-30,35,46H,10-11,15-16,19-21H2,1-9H3/b14-12+,22-13+/t23-,24+,28+,29-,30+,35+,37+,38-/m1/s1. The maximum atomic E-state index is 14.1. The van der Waals surface area contributed by atoms with E-state index in [9.17, 15) is 24.3 Å². The highest BCUT2D eigenvalue weighted by molar-refractivity contribution is 6.35. The van der Waals surface area contributed by atoms with E-state index in [1.807, 2.05) is 32.9 Å². The van der Waals surface area contributed by atoms with Crippen molar-refractivity contribution >= 4 is 41.0 Å². The van der Waals surface area contributed by atoms with E-state index >= 15 is 0 Å². The number of ether oxygens (including phenoxy) is 5. The summed E-state index contributed by atoms with van der Waals surface area (Å²) in [5.41, 5.74) is -0.556. The van der Waals surface area contributed by atoms with Crippen molar-refractivity contribution in [2.75, 3.05) is 33.2 Å². The van der Waals surface area contributed by atoms with Crippen molar-refractivity contribution in [3.63, 3.8) is 0 Å². The van der Waals surface area contributed by atoms with Crippen molar-refractivity contribution < 1.29 is 48.0 Å². The summed E-state index contributed by atoms with van der Waals surface area (Å²) in [7, 11) is 6.11. The van der Waals surface area contributed by atoms with Crippen molar-refractivity contribution in [2.45, 2.75) is 121 Å². The van der Waals surface area contributed by atoms with E-state index in [-0.39, 0.29) is 30.2 Å². The normalized spacial score (nSPS) is 32.1. The Kier molecular flexibility index (Phi) is 13.0. The third-order valence-electron chi connectivity index (χ3n) is 10.5. The van der Waals surface area contributed by atoms with Crippen LogP contribution < -0.4 is 9.64 Å². The van der Waals surface area contributed by atoms with Gasteiger partial charge < -0.3 is 38.6 Å². The van der Waals surface area contributed by atoms with Crippen LogP contribution in [0, 0.1) is 5.92 Å². The van der Waals surface area contributed by atoms with Gasteiger partial charge in [0.05, 0.1) is 31.7 Å². The van der Waals surface area contributed by atoms with Crippen molar-refractivity contribution in [3.05, 3.63) is 46.5 Å². The van der Waals surface area contributed by atoms with Gasteiger partial charge in [0.15, 0.2) is 0 Å². The van der Waals surface area contributed by atoms with Crippen LogP contribution in [0.1, 0.15) is 78.7 Å². The first-order chi connectivity index (χ1) is 24.0. The SMILES string of the molecule is CCCCC(=O)N(C)[C@@H](C)C(=O)O[C@H]1CC(=O)N(C)c2cc(cc(OC)c2Cl)C/C(C)=C/C=C/[C@@H](OC)[C@]2(O)CC(=O)O[C@@H](C2)[C@@H](C)[C@@H]2O[C@@]12C. The predicted octanol–water partition coefficient (Wildman–Crippen LogP) is 4.95. The van der Waals surface area contributed by atoms with Crippen LogP contribution in [0.5, 0.6) is 5.75 Å². The molecule has 3 aliphatic rings. The highest BCUT2D eigenvalue weighted by Crippen LogP contribution is 2.50. The molecule has 0 aliphatic carbocycles. The zero-order chi connectivity index (χ0) is 37.8. The van der Waals surface area contributed by atoms with E-state index in [2.05, 4.69) is 0 Å². The lowest BCUT2D eigenvalue weighted by Gasteiger charge is -2.41. The summed E-state index contributed by atoms with van der Waals surface area (Å²) in [6.07, 6.45) is 3.90. The number of aliphatic hydroxyl groups is 1. The molecule has 4 rings (SSSR count). The monoisotopic (exact) mass is 732 g/mol. The summed E-state index contributed by atoms with van der Waals surface area (Å²) in [5, 5.41) is 12.1. The minimum absolute atomic E-state index is 0.0688. The summed E-state index contributed by atoms with van der Waals surface area (Å²) in [6.45, 7) is 9.07. The summed E-state index contributed by atoms with van der Waals surface area (Å²) < 4.78 is 29.4. The molecule has 51 heavy (non-hydrogen) atoms. The Morgan fingerprint density at radius 1 is 1.24 bits per heavy atom. The average molecular weight is 733 g/mol. The fraction of sp³-hybridized carbons (Fsp3) is 0.632. The molecule has 0 aromatic heterocycles. The Labute approximate surface area is 306 Å². The molecule has 282 valence electrons. The fourth-order valence-corrected chi connectivity index (χ4v) is 7.29. The van der Waals surface area contributed by atoms with Gasteiger partial charge in [-0.3, -0.25) is 14.4 Å². The molecule has 1 N–H and O–H groups in total. The smallest absolute Gasteiger partial charge is 0.328 e. The molecule has 3 aliphatic heterocycles. The Balaban J connectivity index is 1.76. The molecule has 8 atom stereocenters. The zero-order valence-electron chi connectivity index (χ0n) is 31.2. The Bertz CT molecular complexity index is 1550. The number of allylic oxidation sites excluding steroid dienone is 3. The van der Waals surface area contributed by atoms with Crippen LogP contribution >= 0.6 is 11.6 Å². The van der Waals surface area contributed by atoms with Crippen LogP contribution in [0.2, 0.25) is 5.02 Å². The summed E-state index contributed by atoms with van der Waals surface area (Å²) in [6, 6.07) is 2.68. The molecular formula is C38H53ClN2O10. The summed E-state index contributed by atoms with van der Waals surface area (Å²) in [4.78, 5) is 56.2. The third kappa shape index (κ3) is 8.96. The van der Waals surface area contributed by atoms with Crippen LogP contribution in [0.15, 0.2) is 35.9 Å². The second-order valence-corrected chi connectivity index (χ2v) is 14.7. The first-order valence-corrected chi connectivity index (χ1v) is 17.9. The van der Waals surface area contributed by atoms with Crippen molar-refractivity contribution in [3.8, 4) is 5.75 Å². The van der Waals surface area contributed by atoms with E-state index in [1.165, 1.54) is 24.0 Å². The van der Waals surface area contributed by atoms with Gasteiger partial charge in [0, 0.05) is 40.0 Å². The number of anilines is 1. The number of hydrogen-bond donors (Lipinski definition) is 1. The molecule has 13 heteroatoms. The molecule has 2 amide bonds. The number of methoxy groups -OCH3 is 2. The quantitative estimate of drug-likeness (QED) is 0.288. The van der Waals surface area contributed by atoms with Crippen LogP contribution in [-0.4, -0.2) is 104 Å². The van der Waals surface area contributed by atoms with Gasteiger partial charge >= 0.3 is 11.9 Å². The number of esters is 2. The number of nitrogens with zero attached hydrogens (tertiary/aromatic N) is 2. The second kappa shape index (κ2) is 16.5.